The zero-order chi connectivity index (χ0) is 6.69. The molecule has 46 valence electrons. The minimum absolute atomic E-state index is 0.992. The third-order valence-corrected chi connectivity index (χ3v) is 1.42. The summed E-state index contributed by atoms with van der Waals surface area (Å²) >= 11 is 0. The Morgan fingerprint density at radius 2 is 2.33 bits per heavy atom. The predicted octanol–water partition coefficient (Wildman–Crippen LogP) is 2.60. The number of hydrogen-bond donors (Lipinski definition) is 0. The fourth-order valence-corrected chi connectivity index (χ4v) is 0.770. The summed E-state index contributed by atoms with van der Waals surface area (Å²) in [6.07, 6.45) is 7.30. The predicted molar refractivity (Wildman–Crippen MR) is 40.2 cm³/mol. The van der Waals surface area contributed by atoms with Crippen LogP contribution in [0, 0.1) is 0 Å². The zero-order valence-electron chi connectivity index (χ0n) is 5.65. The molecule has 0 spiro atoms. The smallest absolute Gasteiger partial charge is 0.00182 e. The first kappa shape index (κ1) is 6.12. The van der Waals surface area contributed by atoms with E-state index < -0.39 is 0 Å². The van der Waals surface area contributed by atoms with Gasteiger partial charge in [-0.05, 0) is 18.9 Å². The summed E-state index contributed by atoms with van der Waals surface area (Å²) in [6.45, 7) is 5.66. The van der Waals surface area contributed by atoms with Crippen LogP contribution in [0.2, 0.25) is 0 Å². The van der Waals surface area contributed by atoms with Gasteiger partial charge in [-0.25, -0.2) is 0 Å². The summed E-state index contributed by atoms with van der Waals surface area (Å²) in [5.74, 6) is 0. The van der Waals surface area contributed by atoms with Crippen LogP contribution in [0.1, 0.15) is 13.3 Å². The molecule has 0 nitrogen and oxygen atoms in total. The maximum Gasteiger partial charge on any atom is -0.00182 e. The third kappa shape index (κ3) is 1.45. The Hall–Kier alpha value is -1.00. The molecule has 0 aromatic heterocycles. The average molecular weight is 118 g/mol. The molecule has 0 saturated carbocycles. The fourth-order valence-electron chi connectivity index (χ4n) is 0.770. The molecular formula is C9H10. The van der Waals surface area contributed by atoms with Crippen LogP contribution in [0.15, 0.2) is 41.7 Å². The van der Waals surface area contributed by atoms with Crippen LogP contribution < -0.4 is 0 Å². The van der Waals surface area contributed by atoms with Crippen molar-refractivity contribution in [1.29, 1.82) is 0 Å². The van der Waals surface area contributed by atoms with E-state index in [9.17, 15) is 0 Å². The van der Waals surface area contributed by atoms with Crippen molar-refractivity contribution in [2.75, 3.05) is 0 Å². The Kier molecular flexibility index (Phi) is 1.72. The van der Waals surface area contributed by atoms with Gasteiger partial charge in [0.2, 0.25) is 0 Å². The number of rotatable bonds is 0. The van der Waals surface area contributed by atoms with E-state index in [0.717, 1.165) is 6.42 Å². The summed E-state index contributed by atoms with van der Waals surface area (Å²) in [5.41, 5.74) is 5.37. The molecule has 0 radical (unpaired) electrons. The third-order valence-electron chi connectivity index (χ3n) is 1.42. The van der Waals surface area contributed by atoms with Gasteiger partial charge in [-0.1, -0.05) is 30.4 Å². The molecule has 0 aromatic carbocycles. The monoisotopic (exact) mass is 118 g/mol. The molecule has 0 aromatic rings. The van der Waals surface area contributed by atoms with Crippen molar-refractivity contribution in [2.45, 2.75) is 13.3 Å². The summed E-state index contributed by atoms with van der Waals surface area (Å²) < 4.78 is 0. The van der Waals surface area contributed by atoms with E-state index in [2.05, 4.69) is 37.5 Å². The minimum atomic E-state index is 0.992. The molecule has 0 bridgehead atoms. The van der Waals surface area contributed by atoms with Crippen molar-refractivity contribution in [3.8, 4) is 0 Å². The summed E-state index contributed by atoms with van der Waals surface area (Å²) in [5, 5.41) is 0. The summed E-state index contributed by atoms with van der Waals surface area (Å²) in [6, 6.07) is 0. The molecule has 0 aliphatic heterocycles. The van der Waals surface area contributed by atoms with Crippen LogP contribution in [0.4, 0.5) is 0 Å². The van der Waals surface area contributed by atoms with Crippen LogP contribution in [-0.4, -0.2) is 0 Å². The Morgan fingerprint density at radius 3 is 2.78 bits per heavy atom. The van der Waals surface area contributed by atoms with E-state index in [1.165, 1.54) is 11.1 Å². The average Bonchev–Trinajstić information content (AvgIpc) is 1.90. The van der Waals surface area contributed by atoms with E-state index >= 15 is 0 Å². The normalized spacial score (nSPS) is 17.0. The molecule has 0 N–H and O–H groups in total. The van der Waals surface area contributed by atoms with Gasteiger partial charge in [-0.2, -0.15) is 0 Å². The Bertz CT molecular complexity index is 210. The van der Waals surface area contributed by atoms with Crippen molar-refractivity contribution in [3.63, 3.8) is 0 Å². The molecule has 0 fully saturated rings. The number of allylic oxidation sites excluding steroid dienone is 5. The van der Waals surface area contributed by atoms with Gasteiger partial charge in [-0.15, -0.1) is 5.73 Å². The second kappa shape index (κ2) is 2.52. The van der Waals surface area contributed by atoms with Crippen LogP contribution in [0.25, 0.3) is 0 Å². The molecule has 0 saturated heterocycles. The second-order valence-electron chi connectivity index (χ2n) is 2.19. The lowest BCUT2D eigenvalue weighted by Gasteiger charge is -2.00. The first-order valence-electron chi connectivity index (χ1n) is 3.06. The van der Waals surface area contributed by atoms with Crippen LogP contribution in [-0.2, 0) is 0 Å². The SMILES string of the molecule is C=C=C1C=CC(C)=CC1. The molecule has 9 heavy (non-hydrogen) atoms. The molecule has 0 amide bonds. The highest BCUT2D eigenvalue weighted by Gasteiger charge is 1.93. The lowest BCUT2D eigenvalue weighted by atomic mass is 10.0. The van der Waals surface area contributed by atoms with Gasteiger partial charge in [0.15, 0.2) is 0 Å². The Labute approximate surface area is 55.9 Å². The van der Waals surface area contributed by atoms with E-state index in [4.69, 9.17) is 0 Å². The molecule has 1 rings (SSSR count). The highest BCUT2D eigenvalue weighted by atomic mass is 14.0. The van der Waals surface area contributed by atoms with E-state index in [1.807, 2.05) is 0 Å². The second-order valence-corrected chi connectivity index (χ2v) is 2.19. The zero-order valence-corrected chi connectivity index (χ0v) is 5.65. The highest BCUT2D eigenvalue weighted by molar-refractivity contribution is 5.33. The Morgan fingerprint density at radius 1 is 1.56 bits per heavy atom. The maximum absolute atomic E-state index is 3.57. The Balaban J connectivity index is 2.81. The van der Waals surface area contributed by atoms with Crippen molar-refractivity contribution >= 4 is 0 Å². The molecule has 0 unspecified atom stereocenters. The first-order valence-corrected chi connectivity index (χ1v) is 3.06. The molecule has 1 aliphatic carbocycles. The lowest BCUT2D eigenvalue weighted by molar-refractivity contribution is 1.22. The van der Waals surface area contributed by atoms with Crippen molar-refractivity contribution in [3.05, 3.63) is 41.7 Å². The molecule has 0 heterocycles. The summed E-state index contributed by atoms with van der Waals surface area (Å²) in [7, 11) is 0. The van der Waals surface area contributed by atoms with Crippen LogP contribution >= 0.6 is 0 Å². The van der Waals surface area contributed by atoms with Gasteiger partial charge < -0.3 is 0 Å². The van der Waals surface area contributed by atoms with Crippen molar-refractivity contribution in [1.82, 2.24) is 0 Å². The van der Waals surface area contributed by atoms with Crippen molar-refractivity contribution in [2.24, 2.45) is 0 Å². The topological polar surface area (TPSA) is 0 Å². The van der Waals surface area contributed by atoms with Gasteiger partial charge in [0.05, 0.1) is 0 Å². The van der Waals surface area contributed by atoms with Crippen molar-refractivity contribution < 1.29 is 0 Å². The maximum atomic E-state index is 3.57. The summed E-state index contributed by atoms with van der Waals surface area (Å²) in [4.78, 5) is 0. The van der Waals surface area contributed by atoms with Gasteiger partial charge in [0.1, 0.15) is 0 Å². The minimum Gasteiger partial charge on any atom is -0.125 e. The van der Waals surface area contributed by atoms with E-state index in [1.54, 1.807) is 0 Å². The quantitative estimate of drug-likeness (QED) is 0.429. The van der Waals surface area contributed by atoms with E-state index in [0.29, 0.717) is 0 Å². The van der Waals surface area contributed by atoms with Gasteiger partial charge >= 0.3 is 0 Å². The fraction of sp³-hybridized carbons (Fsp3) is 0.222. The van der Waals surface area contributed by atoms with E-state index in [-0.39, 0.29) is 0 Å². The molecule has 1 aliphatic rings. The van der Waals surface area contributed by atoms with Crippen LogP contribution in [0.5, 0.6) is 0 Å². The first-order chi connectivity index (χ1) is 4.33. The molecular weight excluding hydrogens is 108 g/mol. The van der Waals surface area contributed by atoms with Crippen LogP contribution in [0.3, 0.4) is 0 Å². The van der Waals surface area contributed by atoms with Gasteiger partial charge in [0, 0.05) is 0 Å². The van der Waals surface area contributed by atoms with Gasteiger partial charge in [-0.3, -0.25) is 0 Å². The standard InChI is InChI=1S/C9H10/c1-3-9-6-4-8(2)5-7-9/h4-6H,1,7H2,2H3. The molecule has 0 heteroatoms. The molecule has 0 atom stereocenters. The lowest BCUT2D eigenvalue weighted by Crippen LogP contribution is -1.81. The largest absolute Gasteiger partial charge is 0.125 e. The number of hydrogen-bond acceptors (Lipinski definition) is 0. The van der Waals surface area contributed by atoms with Gasteiger partial charge in [0.25, 0.3) is 0 Å². The highest BCUT2D eigenvalue weighted by Crippen LogP contribution is 2.12.